The maximum atomic E-state index is 11.0. The van der Waals surface area contributed by atoms with Crippen LogP contribution in [0.4, 0.5) is 0 Å². The molecule has 3 nitrogen and oxygen atoms in total. The third-order valence-corrected chi connectivity index (χ3v) is 5.41. The molecular weight excluding hydrogens is 320 g/mol. The zero-order chi connectivity index (χ0) is 18.0. The smallest absolute Gasteiger partial charge is 0.0801 e. The number of benzene rings is 2. The third-order valence-electron chi connectivity index (χ3n) is 5.41. The maximum Gasteiger partial charge on any atom is 0.0801 e. The zero-order valence-corrected chi connectivity index (χ0v) is 14.5. The second-order valence-electron chi connectivity index (χ2n) is 6.82. The van der Waals surface area contributed by atoms with Gasteiger partial charge in [-0.25, -0.2) is 0 Å². The van der Waals surface area contributed by atoms with Crippen LogP contribution in [0.3, 0.4) is 0 Å². The van der Waals surface area contributed by atoms with E-state index in [0.29, 0.717) is 19.3 Å². The molecule has 2 atom stereocenters. The van der Waals surface area contributed by atoms with E-state index in [4.69, 9.17) is 0 Å². The van der Waals surface area contributed by atoms with E-state index in [9.17, 15) is 10.4 Å². The predicted molar refractivity (Wildman–Crippen MR) is 101 cm³/mol. The molecule has 26 heavy (non-hydrogen) atoms. The third kappa shape index (κ3) is 2.60. The van der Waals surface area contributed by atoms with Gasteiger partial charge in [0.2, 0.25) is 0 Å². The topological polar surface area (TPSA) is 56.9 Å². The van der Waals surface area contributed by atoms with Gasteiger partial charge in [0.25, 0.3) is 0 Å². The summed E-state index contributed by atoms with van der Waals surface area (Å²) >= 11 is 0. The van der Waals surface area contributed by atoms with Gasteiger partial charge in [-0.15, -0.1) is 0 Å². The van der Waals surface area contributed by atoms with Crippen LogP contribution in [-0.2, 0) is 5.41 Å². The quantitative estimate of drug-likeness (QED) is 0.727. The van der Waals surface area contributed by atoms with Gasteiger partial charge in [-0.2, -0.15) is 5.26 Å². The highest BCUT2D eigenvalue weighted by Crippen LogP contribution is 2.54. The molecule has 0 saturated heterocycles. The monoisotopic (exact) mass is 340 g/mol. The van der Waals surface area contributed by atoms with Crippen LogP contribution in [-0.4, -0.2) is 10.1 Å². The van der Waals surface area contributed by atoms with Crippen molar-refractivity contribution >= 4 is 0 Å². The molecule has 3 heteroatoms. The summed E-state index contributed by atoms with van der Waals surface area (Å²) in [6.07, 6.45) is 2.85. The summed E-state index contributed by atoms with van der Waals surface area (Å²) in [5, 5.41) is 20.3. The lowest BCUT2D eigenvalue weighted by atomic mass is 9.70. The summed E-state index contributed by atoms with van der Waals surface area (Å²) in [5.41, 5.74) is 4.87. The molecule has 0 radical (unpaired) electrons. The number of aliphatic hydroxyl groups is 1. The molecule has 2 aromatic carbocycles. The van der Waals surface area contributed by atoms with Gasteiger partial charge in [0.15, 0.2) is 0 Å². The van der Waals surface area contributed by atoms with Crippen molar-refractivity contribution in [2.24, 2.45) is 0 Å². The minimum atomic E-state index is -0.603. The van der Waals surface area contributed by atoms with E-state index in [1.165, 1.54) is 5.56 Å². The van der Waals surface area contributed by atoms with Gasteiger partial charge in [-0.3, -0.25) is 4.98 Å². The van der Waals surface area contributed by atoms with Gasteiger partial charge in [0, 0.05) is 23.6 Å². The molecule has 1 aliphatic rings. The van der Waals surface area contributed by atoms with E-state index in [2.05, 4.69) is 29.3 Å². The van der Waals surface area contributed by atoms with E-state index in [-0.39, 0.29) is 0 Å². The lowest BCUT2D eigenvalue weighted by Crippen LogP contribution is -2.28. The first-order chi connectivity index (χ1) is 12.8. The first kappa shape index (κ1) is 16.5. The van der Waals surface area contributed by atoms with Crippen molar-refractivity contribution in [3.8, 4) is 17.3 Å². The number of aliphatic hydroxyl groups excluding tert-OH is 1. The fraction of sp³-hybridized carbons (Fsp3) is 0.217. The van der Waals surface area contributed by atoms with Gasteiger partial charge in [0.05, 0.1) is 17.9 Å². The number of fused-ring (bicyclic) bond motifs is 3. The highest BCUT2D eigenvalue weighted by Gasteiger charge is 2.44. The van der Waals surface area contributed by atoms with Crippen LogP contribution >= 0.6 is 0 Å². The number of nitriles is 1. The van der Waals surface area contributed by atoms with Gasteiger partial charge < -0.3 is 5.11 Å². The second-order valence-corrected chi connectivity index (χ2v) is 6.82. The minimum absolute atomic E-state index is 0.398. The molecule has 0 amide bonds. The summed E-state index contributed by atoms with van der Waals surface area (Å²) in [6, 6.07) is 24.3. The molecule has 0 aliphatic heterocycles. The Morgan fingerprint density at radius 2 is 1.69 bits per heavy atom. The second kappa shape index (κ2) is 6.74. The van der Waals surface area contributed by atoms with Gasteiger partial charge in [0.1, 0.15) is 0 Å². The minimum Gasteiger partial charge on any atom is -0.388 e. The number of pyridine rings is 1. The number of aromatic nitrogens is 1. The molecule has 1 N–H and O–H groups in total. The highest BCUT2D eigenvalue weighted by atomic mass is 16.3. The fourth-order valence-electron chi connectivity index (χ4n) is 4.24. The van der Waals surface area contributed by atoms with E-state index >= 15 is 0 Å². The van der Waals surface area contributed by atoms with Crippen molar-refractivity contribution < 1.29 is 5.11 Å². The standard InChI is InChI=1S/C23H20N2O/c24-14-7-13-23(16-21(26)17-8-2-1-3-9-17)19-11-5-4-10-18(19)22-20(23)12-6-15-25-22/h1-6,8-12,15,21,26H,7,13,16H2. The Hall–Kier alpha value is -2.96. The zero-order valence-electron chi connectivity index (χ0n) is 14.5. The molecule has 0 bridgehead atoms. The molecular formula is C23H20N2O. The van der Waals surface area contributed by atoms with Crippen LogP contribution in [0.5, 0.6) is 0 Å². The van der Waals surface area contributed by atoms with Crippen LogP contribution in [0.15, 0.2) is 72.9 Å². The summed E-state index contributed by atoms with van der Waals surface area (Å²) in [5.74, 6) is 0. The molecule has 0 saturated carbocycles. The van der Waals surface area contributed by atoms with E-state index in [1.54, 1.807) is 0 Å². The van der Waals surface area contributed by atoms with Crippen molar-refractivity contribution in [3.05, 3.63) is 89.6 Å². The fourth-order valence-corrected chi connectivity index (χ4v) is 4.24. The van der Waals surface area contributed by atoms with Crippen LogP contribution < -0.4 is 0 Å². The van der Waals surface area contributed by atoms with Crippen molar-refractivity contribution in [2.45, 2.75) is 30.8 Å². The highest BCUT2D eigenvalue weighted by molar-refractivity contribution is 5.78. The van der Waals surface area contributed by atoms with Crippen molar-refractivity contribution in [2.75, 3.05) is 0 Å². The Labute approximate surface area is 153 Å². The molecule has 1 aromatic heterocycles. The Morgan fingerprint density at radius 3 is 2.50 bits per heavy atom. The molecule has 128 valence electrons. The maximum absolute atomic E-state index is 11.0. The van der Waals surface area contributed by atoms with Crippen LogP contribution in [0.2, 0.25) is 0 Å². The first-order valence-corrected chi connectivity index (χ1v) is 8.91. The number of hydrogen-bond donors (Lipinski definition) is 1. The van der Waals surface area contributed by atoms with Crippen molar-refractivity contribution in [1.82, 2.24) is 4.98 Å². The molecule has 1 heterocycles. The van der Waals surface area contributed by atoms with Gasteiger partial charge in [-0.05, 0) is 35.6 Å². The van der Waals surface area contributed by atoms with Crippen LogP contribution in [0, 0.1) is 11.3 Å². The van der Waals surface area contributed by atoms with E-state index < -0.39 is 11.5 Å². The average Bonchev–Trinajstić information content (AvgIpc) is 2.98. The summed E-state index contributed by atoms with van der Waals surface area (Å²) in [4.78, 5) is 4.62. The van der Waals surface area contributed by atoms with Gasteiger partial charge >= 0.3 is 0 Å². The lowest BCUT2D eigenvalue weighted by molar-refractivity contribution is 0.139. The Balaban J connectivity index is 1.86. The van der Waals surface area contributed by atoms with Crippen molar-refractivity contribution in [3.63, 3.8) is 0 Å². The molecule has 2 unspecified atom stereocenters. The molecule has 0 fully saturated rings. The molecule has 4 rings (SSSR count). The molecule has 3 aromatic rings. The summed E-state index contributed by atoms with van der Waals surface area (Å²) in [6.45, 7) is 0. The molecule has 1 aliphatic carbocycles. The first-order valence-electron chi connectivity index (χ1n) is 8.91. The SMILES string of the molecule is N#CCCC1(CC(O)c2ccccc2)c2ccccc2-c2ncccc21. The van der Waals surface area contributed by atoms with Crippen LogP contribution in [0.1, 0.15) is 42.1 Å². The normalized spacial score (nSPS) is 18.6. The Bertz CT molecular complexity index is 914. The average molecular weight is 340 g/mol. The largest absolute Gasteiger partial charge is 0.388 e. The number of hydrogen-bond acceptors (Lipinski definition) is 3. The predicted octanol–water partition coefficient (Wildman–Crippen LogP) is 4.78. The van der Waals surface area contributed by atoms with Crippen molar-refractivity contribution in [1.29, 1.82) is 5.26 Å². The summed E-state index contributed by atoms with van der Waals surface area (Å²) in [7, 11) is 0. The summed E-state index contributed by atoms with van der Waals surface area (Å²) < 4.78 is 0. The van der Waals surface area contributed by atoms with E-state index in [0.717, 1.165) is 22.4 Å². The lowest BCUT2D eigenvalue weighted by Gasteiger charge is -2.33. The Kier molecular flexibility index (Phi) is 4.28. The number of rotatable bonds is 5. The number of nitrogens with zero attached hydrogens (tertiary/aromatic N) is 2. The molecule has 0 spiro atoms. The Morgan fingerprint density at radius 1 is 0.962 bits per heavy atom. The van der Waals surface area contributed by atoms with Crippen LogP contribution in [0.25, 0.3) is 11.3 Å². The van der Waals surface area contributed by atoms with Gasteiger partial charge in [-0.1, -0.05) is 60.7 Å². The van der Waals surface area contributed by atoms with E-state index in [1.807, 2.05) is 54.7 Å².